The summed E-state index contributed by atoms with van der Waals surface area (Å²) in [6, 6.07) is 4.61. The maximum atomic E-state index is 12.4. The van der Waals surface area contributed by atoms with Gasteiger partial charge in [0.2, 0.25) is 5.91 Å². The summed E-state index contributed by atoms with van der Waals surface area (Å²) in [7, 11) is 0. The maximum absolute atomic E-state index is 12.4. The molecule has 1 aromatic rings. The summed E-state index contributed by atoms with van der Waals surface area (Å²) in [4.78, 5) is 26.2. The number of amides is 2. The van der Waals surface area contributed by atoms with Gasteiger partial charge in [-0.2, -0.15) is 0 Å². The molecule has 132 valence electrons. The topological polar surface area (TPSA) is 58.6 Å². The molecule has 1 saturated heterocycles. The number of hydrogen-bond acceptors (Lipinski definition) is 3. The fraction of sp³-hybridized carbons (Fsp3) is 0.529. The smallest absolute Gasteiger partial charge is 0.410 e. The molecule has 7 heteroatoms. The SMILES string of the molecule is CC(C)(C)OC(=O)N1CCC[C@@H]1C(=O)NCc1ccc(Cl)cc1Cl. The molecule has 1 aliphatic rings. The van der Waals surface area contributed by atoms with Gasteiger partial charge in [0.05, 0.1) is 0 Å². The van der Waals surface area contributed by atoms with Crippen molar-refractivity contribution in [2.24, 2.45) is 0 Å². The van der Waals surface area contributed by atoms with Crippen molar-refractivity contribution in [3.8, 4) is 0 Å². The molecule has 1 aromatic carbocycles. The molecule has 5 nitrogen and oxygen atoms in total. The number of likely N-dealkylation sites (tertiary alicyclic amines) is 1. The van der Waals surface area contributed by atoms with Crippen LogP contribution in [-0.2, 0) is 16.1 Å². The van der Waals surface area contributed by atoms with Crippen molar-refractivity contribution in [2.45, 2.75) is 51.8 Å². The van der Waals surface area contributed by atoms with E-state index in [4.69, 9.17) is 27.9 Å². The summed E-state index contributed by atoms with van der Waals surface area (Å²) in [5.74, 6) is -0.204. The van der Waals surface area contributed by atoms with Crippen LogP contribution in [-0.4, -0.2) is 35.1 Å². The first-order valence-corrected chi connectivity index (χ1v) is 8.64. The van der Waals surface area contributed by atoms with E-state index < -0.39 is 17.7 Å². The van der Waals surface area contributed by atoms with Gasteiger partial charge in [-0.3, -0.25) is 9.69 Å². The zero-order valence-corrected chi connectivity index (χ0v) is 15.6. The molecule has 1 heterocycles. The number of benzene rings is 1. The molecule has 0 unspecified atom stereocenters. The van der Waals surface area contributed by atoms with Crippen LogP contribution in [0.15, 0.2) is 18.2 Å². The average Bonchev–Trinajstić information content (AvgIpc) is 2.93. The maximum Gasteiger partial charge on any atom is 0.410 e. The van der Waals surface area contributed by atoms with Crippen LogP contribution in [0.5, 0.6) is 0 Å². The molecule has 2 amide bonds. The lowest BCUT2D eigenvalue weighted by molar-refractivity contribution is -0.125. The van der Waals surface area contributed by atoms with Crippen molar-refractivity contribution >= 4 is 35.2 Å². The normalized spacial score (nSPS) is 17.7. The quantitative estimate of drug-likeness (QED) is 0.871. The third kappa shape index (κ3) is 5.02. The van der Waals surface area contributed by atoms with Crippen LogP contribution in [0.2, 0.25) is 10.0 Å². The minimum atomic E-state index is -0.586. The van der Waals surface area contributed by atoms with Gasteiger partial charge in [0.1, 0.15) is 11.6 Å². The zero-order valence-electron chi connectivity index (χ0n) is 14.1. The Morgan fingerprint density at radius 1 is 1.33 bits per heavy atom. The number of rotatable bonds is 3. The number of halogens is 2. The third-order valence-electron chi connectivity index (χ3n) is 3.65. The summed E-state index contributed by atoms with van der Waals surface area (Å²) < 4.78 is 5.37. The summed E-state index contributed by atoms with van der Waals surface area (Å²) >= 11 is 12.0. The van der Waals surface area contributed by atoms with Gasteiger partial charge < -0.3 is 10.1 Å². The van der Waals surface area contributed by atoms with Crippen LogP contribution in [0.4, 0.5) is 4.79 Å². The molecule has 1 aliphatic heterocycles. The lowest BCUT2D eigenvalue weighted by atomic mass is 10.2. The minimum absolute atomic E-state index is 0.204. The van der Waals surface area contributed by atoms with Crippen molar-refractivity contribution in [3.05, 3.63) is 33.8 Å². The molecule has 24 heavy (non-hydrogen) atoms. The number of nitrogens with zero attached hydrogens (tertiary/aromatic N) is 1. The van der Waals surface area contributed by atoms with E-state index in [0.29, 0.717) is 23.0 Å². The Balaban J connectivity index is 1.96. The summed E-state index contributed by atoms with van der Waals surface area (Å²) in [5.41, 5.74) is 0.189. The van der Waals surface area contributed by atoms with Gasteiger partial charge in [-0.05, 0) is 51.3 Å². The number of hydrogen-bond donors (Lipinski definition) is 1. The van der Waals surface area contributed by atoms with Gasteiger partial charge in [0.25, 0.3) is 0 Å². The number of ether oxygens (including phenoxy) is 1. The van der Waals surface area contributed by atoms with Gasteiger partial charge in [0, 0.05) is 23.1 Å². The average molecular weight is 373 g/mol. The Kier molecular flexibility index (Phi) is 5.99. The Hall–Kier alpha value is -1.46. The molecule has 1 atom stereocenters. The van der Waals surface area contributed by atoms with E-state index in [-0.39, 0.29) is 12.5 Å². The Bertz CT molecular complexity index is 629. The first-order chi connectivity index (χ1) is 11.2. The van der Waals surface area contributed by atoms with Crippen molar-refractivity contribution in [3.63, 3.8) is 0 Å². The summed E-state index contributed by atoms with van der Waals surface area (Å²) in [6.07, 6.45) is 0.947. The fourth-order valence-corrected chi connectivity index (χ4v) is 3.02. The first-order valence-electron chi connectivity index (χ1n) is 7.88. The molecule has 1 fully saturated rings. The molecule has 2 rings (SSSR count). The molecular weight excluding hydrogens is 351 g/mol. The number of nitrogens with one attached hydrogen (secondary N) is 1. The number of carbonyl (C=O) groups is 2. The largest absolute Gasteiger partial charge is 0.444 e. The molecule has 0 radical (unpaired) electrons. The highest BCUT2D eigenvalue weighted by atomic mass is 35.5. The molecule has 0 bridgehead atoms. The highest BCUT2D eigenvalue weighted by Crippen LogP contribution is 2.23. The Morgan fingerprint density at radius 3 is 2.67 bits per heavy atom. The monoisotopic (exact) mass is 372 g/mol. The second kappa shape index (κ2) is 7.62. The zero-order chi connectivity index (χ0) is 17.9. The van der Waals surface area contributed by atoms with Crippen LogP contribution < -0.4 is 5.32 Å². The molecule has 0 aromatic heterocycles. The van der Waals surface area contributed by atoms with E-state index in [2.05, 4.69) is 5.32 Å². The van der Waals surface area contributed by atoms with Crippen LogP contribution in [0.25, 0.3) is 0 Å². The molecule has 1 N–H and O–H groups in total. The standard InChI is InChI=1S/C17H22Cl2N2O3/c1-17(2,3)24-16(23)21-8-4-5-14(21)15(22)20-10-11-6-7-12(18)9-13(11)19/h6-7,9,14H,4-5,8,10H2,1-3H3,(H,20,22)/t14-/m1/s1. The van der Waals surface area contributed by atoms with Crippen LogP contribution >= 0.6 is 23.2 Å². The van der Waals surface area contributed by atoms with Crippen molar-refractivity contribution < 1.29 is 14.3 Å². The van der Waals surface area contributed by atoms with Crippen molar-refractivity contribution in [1.82, 2.24) is 10.2 Å². The van der Waals surface area contributed by atoms with Gasteiger partial charge in [-0.1, -0.05) is 29.3 Å². The first kappa shape index (κ1) is 18.9. The fourth-order valence-electron chi connectivity index (χ4n) is 2.54. The highest BCUT2D eigenvalue weighted by Gasteiger charge is 2.36. The second-order valence-corrected chi connectivity index (χ2v) is 7.63. The summed E-state index contributed by atoms with van der Waals surface area (Å²) in [5, 5.41) is 3.87. The molecule has 0 aliphatic carbocycles. The molecule has 0 saturated carbocycles. The van der Waals surface area contributed by atoms with E-state index in [9.17, 15) is 9.59 Å². The lowest BCUT2D eigenvalue weighted by Gasteiger charge is -2.28. The van der Waals surface area contributed by atoms with E-state index in [1.807, 2.05) is 0 Å². The van der Waals surface area contributed by atoms with E-state index in [1.165, 1.54) is 4.90 Å². The predicted octanol–water partition coefficient (Wildman–Crippen LogP) is 4.01. The third-order valence-corrected chi connectivity index (χ3v) is 4.24. The van der Waals surface area contributed by atoms with Gasteiger partial charge in [0.15, 0.2) is 0 Å². The van der Waals surface area contributed by atoms with Gasteiger partial charge in [-0.15, -0.1) is 0 Å². The van der Waals surface area contributed by atoms with Crippen molar-refractivity contribution in [2.75, 3.05) is 6.54 Å². The van der Waals surface area contributed by atoms with Gasteiger partial charge in [-0.25, -0.2) is 4.79 Å². The van der Waals surface area contributed by atoms with Crippen molar-refractivity contribution in [1.29, 1.82) is 0 Å². The predicted molar refractivity (Wildman–Crippen MR) is 94.3 cm³/mol. The lowest BCUT2D eigenvalue weighted by Crippen LogP contribution is -2.47. The summed E-state index contributed by atoms with van der Waals surface area (Å²) in [6.45, 7) is 6.22. The Labute approximate surface area is 152 Å². The number of carbonyl (C=O) groups excluding carboxylic acids is 2. The van der Waals surface area contributed by atoms with Gasteiger partial charge >= 0.3 is 6.09 Å². The van der Waals surface area contributed by atoms with E-state index in [1.54, 1.807) is 39.0 Å². The molecule has 0 spiro atoms. The Morgan fingerprint density at radius 2 is 2.04 bits per heavy atom. The van der Waals surface area contributed by atoms with E-state index >= 15 is 0 Å². The van der Waals surface area contributed by atoms with Crippen LogP contribution in [0.3, 0.4) is 0 Å². The van der Waals surface area contributed by atoms with Crippen LogP contribution in [0.1, 0.15) is 39.2 Å². The highest BCUT2D eigenvalue weighted by molar-refractivity contribution is 6.35. The minimum Gasteiger partial charge on any atom is -0.444 e. The van der Waals surface area contributed by atoms with Crippen LogP contribution in [0, 0.1) is 0 Å². The molecular formula is C17H22Cl2N2O3. The second-order valence-electron chi connectivity index (χ2n) is 6.79. The van der Waals surface area contributed by atoms with E-state index in [0.717, 1.165) is 12.0 Å².